The molecule has 0 bridgehead atoms. The highest BCUT2D eigenvalue weighted by Crippen LogP contribution is 2.43. The van der Waals surface area contributed by atoms with Crippen molar-refractivity contribution < 1.29 is 4.74 Å². The number of pyridine rings is 1. The van der Waals surface area contributed by atoms with Crippen molar-refractivity contribution in [2.45, 2.75) is 39.4 Å². The highest BCUT2D eigenvalue weighted by Gasteiger charge is 2.42. The molecule has 0 spiro atoms. The van der Waals surface area contributed by atoms with Crippen molar-refractivity contribution in [1.29, 1.82) is 0 Å². The van der Waals surface area contributed by atoms with Gasteiger partial charge in [0.2, 0.25) is 0 Å². The van der Waals surface area contributed by atoms with Crippen LogP contribution in [-0.4, -0.2) is 28.4 Å². The first-order chi connectivity index (χ1) is 14.9. The summed E-state index contributed by atoms with van der Waals surface area (Å²) in [5, 5.41) is 4.26. The number of aromatic nitrogens is 2. The first-order valence-electron chi connectivity index (χ1n) is 10.3. The van der Waals surface area contributed by atoms with E-state index in [9.17, 15) is 0 Å². The average molecular weight is 499 g/mol. The van der Waals surface area contributed by atoms with E-state index in [0.717, 1.165) is 22.4 Å². The first-order valence-corrected chi connectivity index (χ1v) is 11.5. The molecule has 2 aromatic heterocycles. The van der Waals surface area contributed by atoms with Gasteiger partial charge in [-0.1, -0.05) is 22.0 Å². The maximum absolute atomic E-state index is 5.85. The Balaban J connectivity index is 1.85. The fourth-order valence-electron chi connectivity index (χ4n) is 4.38. The third-order valence-electron chi connectivity index (χ3n) is 5.97. The Bertz CT molecular complexity index is 1100. The quantitative estimate of drug-likeness (QED) is 0.461. The first kappa shape index (κ1) is 22.0. The lowest BCUT2D eigenvalue weighted by Crippen LogP contribution is -2.29. The molecule has 31 heavy (non-hydrogen) atoms. The van der Waals surface area contributed by atoms with Crippen LogP contribution in [0.2, 0.25) is 0 Å². The summed E-state index contributed by atoms with van der Waals surface area (Å²) in [6, 6.07) is 14.6. The fraction of sp³-hybridized carbons (Fsp3) is 0.333. The number of methoxy groups -OCH3 is 1. The lowest BCUT2D eigenvalue weighted by atomic mass is 9.96. The smallest absolute Gasteiger partial charge is 0.174 e. The van der Waals surface area contributed by atoms with Crippen LogP contribution in [0, 0.1) is 20.8 Å². The lowest BCUT2D eigenvalue weighted by Gasteiger charge is -2.28. The van der Waals surface area contributed by atoms with Gasteiger partial charge < -0.3 is 19.5 Å². The third-order valence-corrected chi connectivity index (χ3v) is 7.17. The van der Waals surface area contributed by atoms with Crippen LogP contribution in [0.15, 0.2) is 53.1 Å². The Morgan fingerprint density at radius 3 is 2.65 bits per heavy atom. The minimum Gasteiger partial charge on any atom is -0.383 e. The maximum Gasteiger partial charge on any atom is 0.174 e. The highest BCUT2D eigenvalue weighted by molar-refractivity contribution is 9.10. The zero-order valence-electron chi connectivity index (χ0n) is 18.2. The number of nitrogens with one attached hydrogen (secondary N) is 1. The van der Waals surface area contributed by atoms with Crippen molar-refractivity contribution in [3.05, 3.63) is 81.3 Å². The molecule has 5 nitrogen and oxygen atoms in total. The molecule has 0 aliphatic carbocycles. The van der Waals surface area contributed by atoms with Crippen LogP contribution in [-0.2, 0) is 11.3 Å². The highest BCUT2D eigenvalue weighted by atomic mass is 79.9. The molecule has 1 aliphatic heterocycles. The van der Waals surface area contributed by atoms with E-state index in [1.807, 2.05) is 18.3 Å². The van der Waals surface area contributed by atoms with E-state index in [1.54, 1.807) is 7.11 Å². The van der Waals surface area contributed by atoms with Crippen LogP contribution in [0.5, 0.6) is 0 Å². The van der Waals surface area contributed by atoms with E-state index >= 15 is 0 Å². The molecular formula is C24H27BrN4OS. The zero-order valence-corrected chi connectivity index (χ0v) is 20.6. The molecule has 1 aliphatic rings. The summed E-state index contributed by atoms with van der Waals surface area (Å²) in [6.07, 6.45) is 1.84. The molecule has 3 heterocycles. The number of thiocarbonyl (C=S) groups is 1. The minimum atomic E-state index is -0.0472. The van der Waals surface area contributed by atoms with Crippen molar-refractivity contribution >= 4 is 38.9 Å². The predicted molar refractivity (Wildman–Crippen MR) is 133 cm³/mol. The number of aryl methyl sites for hydroxylation is 2. The summed E-state index contributed by atoms with van der Waals surface area (Å²) in [5.41, 5.74) is 6.92. The van der Waals surface area contributed by atoms with Gasteiger partial charge >= 0.3 is 0 Å². The van der Waals surface area contributed by atoms with E-state index < -0.39 is 0 Å². The number of anilines is 1. The Kier molecular flexibility index (Phi) is 6.46. The number of halogens is 1. The summed E-state index contributed by atoms with van der Waals surface area (Å²) < 4.78 is 8.74. The van der Waals surface area contributed by atoms with Crippen molar-refractivity contribution in [2.24, 2.45) is 0 Å². The Hall–Kier alpha value is -2.22. The summed E-state index contributed by atoms with van der Waals surface area (Å²) in [6.45, 7) is 7.93. The van der Waals surface area contributed by atoms with Crippen LogP contribution in [0.1, 0.15) is 40.3 Å². The Morgan fingerprint density at radius 2 is 1.97 bits per heavy atom. The maximum atomic E-state index is 5.85. The number of ether oxygens (including phenoxy) is 1. The Morgan fingerprint density at radius 1 is 1.16 bits per heavy atom. The van der Waals surface area contributed by atoms with Gasteiger partial charge in [0.1, 0.15) is 0 Å². The van der Waals surface area contributed by atoms with Gasteiger partial charge in [0.15, 0.2) is 5.11 Å². The van der Waals surface area contributed by atoms with Gasteiger partial charge in [-0.25, -0.2) is 0 Å². The van der Waals surface area contributed by atoms with Gasteiger partial charge in [-0.15, -0.1) is 0 Å². The van der Waals surface area contributed by atoms with Gasteiger partial charge in [-0.2, -0.15) is 0 Å². The molecule has 1 N–H and O–H groups in total. The summed E-state index contributed by atoms with van der Waals surface area (Å²) >= 11 is 9.47. The number of rotatable bonds is 6. The SMILES string of the molecule is COCCn1c(C)cc([C@@H]2[C@H](c3ccccn3)NC(=S)N2c2ccc(Br)c(C)c2)c1C. The van der Waals surface area contributed by atoms with Crippen molar-refractivity contribution in [3.63, 3.8) is 0 Å². The van der Waals surface area contributed by atoms with Crippen LogP contribution in [0.3, 0.4) is 0 Å². The zero-order chi connectivity index (χ0) is 22.1. The second kappa shape index (κ2) is 9.10. The number of hydrogen-bond donors (Lipinski definition) is 1. The third kappa shape index (κ3) is 4.14. The molecule has 4 rings (SSSR count). The number of benzene rings is 1. The van der Waals surface area contributed by atoms with Gasteiger partial charge in [-0.3, -0.25) is 4.98 Å². The molecule has 0 unspecified atom stereocenters. The van der Waals surface area contributed by atoms with E-state index in [1.165, 1.54) is 22.5 Å². The molecule has 0 radical (unpaired) electrons. The largest absolute Gasteiger partial charge is 0.383 e. The second-order valence-electron chi connectivity index (χ2n) is 7.90. The summed E-state index contributed by atoms with van der Waals surface area (Å²) in [5.74, 6) is 0. The van der Waals surface area contributed by atoms with Crippen molar-refractivity contribution in [3.8, 4) is 0 Å². The van der Waals surface area contributed by atoms with E-state index in [2.05, 4.69) is 86.8 Å². The van der Waals surface area contributed by atoms with Gasteiger partial charge in [0, 0.05) is 41.4 Å². The topological polar surface area (TPSA) is 42.3 Å². The van der Waals surface area contributed by atoms with E-state index in [4.69, 9.17) is 17.0 Å². The van der Waals surface area contributed by atoms with Gasteiger partial charge in [0.25, 0.3) is 0 Å². The molecule has 1 aromatic carbocycles. The van der Waals surface area contributed by atoms with Crippen LogP contribution >= 0.6 is 28.1 Å². The fourth-order valence-corrected chi connectivity index (χ4v) is 4.97. The summed E-state index contributed by atoms with van der Waals surface area (Å²) in [4.78, 5) is 6.89. The average Bonchev–Trinajstić information content (AvgIpc) is 3.25. The molecule has 1 fully saturated rings. The molecule has 0 saturated carbocycles. The second-order valence-corrected chi connectivity index (χ2v) is 9.14. The molecule has 162 valence electrons. The monoisotopic (exact) mass is 498 g/mol. The molecule has 2 atom stereocenters. The van der Waals surface area contributed by atoms with E-state index in [0.29, 0.717) is 11.7 Å². The van der Waals surface area contributed by atoms with Crippen molar-refractivity contribution in [2.75, 3.05) is 18.6 Å². The minimum absolute atomic E-state index is 0.00882. The number of nitrogens with zero attached hydrogens (tertiary/aromatic N) is 3. The number of hydrogen-bond acceptors (Lipinski definition) is 3. The molecule has 7 heteroatoms. The molecular weight excluding hydrogens is 472 g/mol. The van der Waals surface area contributed by atoms with Crippen LogP contribution in [0.4, 0.5) is 5.69 Å². The molecule has 0 amide bonds. The molecule has 1 saturated heterocycles. The lowest BCUT2D eigenvalue weighted by molar-refractivity contribution is 0.186. The predicted octanol–water partition coefficient (Wildman–Crippen LogP) is 5.39. The van der Waals surface area contributed by atoms with Crippen molar-refractivity contribution in [1.82, 2.24) is 14.9 Å². The normalized spacial score (nSPS) is 18.5. The van der Waals surface area contributed by atoms with E-state index in [-0.39, 0.29) is 12.1 Å². The molecule has 3 aromatic rings. The van der Waals surface area contributed by atoms with Gasteiger partial charge in [-0.05, 0) is 80.5 Å². The van der Waals surface area contributed by atoms with Crippen LogP contribution in [0.25, 0.3) is 0 Å². The standard InChI is InChI=1S/C24H27BrN4OS/c1-15-13-18(8-9-20(15)25)29-23(19-14-16(2)28(17(19)3)11-12-30-4)22(27-24(29)31)21-7-5-6-10-26-21/h5-10,13-14,22-23H,11-12H2,1-4H3,(H,27,31)/t22-,23+/m0/s1. The Labute approximate surface area is 197 Å². The van der Waals surface area contributed by atoms with Gasteiger partial charge in [0.05, 0.1) is 24.4 Å². The van der Waals surface area contributed by atoms with Crippen LogP contribution < -0.4 is 10.2 Å². The summed E-state index contributed by atoms with van der Waals surface area (Å²) in [7, 11) is 1.74.